The van der Waals surface area contributed by atoms with Gasteiger partial charge in [-0.1, -0.05) is 69.3 Å². The average molecular weight is 565 g/mol. The van der Waals surface area contributed by atoms with Gasteiger partial charge in [-0.15, -0.1) is 0 Å². The molecule has 4 aromatic rings. The van der Waals surface area contributed by atoms with Crippen LogP contribution in [0.4, 0.5) is 0 Å². The Labute approximate surface area is 233 Å². The number of phenols is 1. The molecule has 0 radical (unpaired) electrons. The molecule has 0 aliphatic heterocycles. The Morgan fingerprint density at radius 1 is 0.821 bits per heavy atom. The van der Waals surface area contributed by atoms with E-state index >= 15 is 0 Å². The maximum absolute atomic E-state index is 11.2. The molecule has 4 aromatic carbocycles. The van der Waals surface area contributed by atoms with Gasteiger partial charge >= 0.3 is 5.97 Å². The van der Waals surface area contributed by atoms with Crippen LogP contribution in [0.3, 0.4) is 0 Å². The number of hydrogen-bond acceptors (Lipinski definition) is 6. The van der Waals surface area contributed by atoms with E-state index < -0.39 is 26.7 Å². The van der Waals surface area contributed by atoms with Crippen LogP contribution in [-0.4, -0.2) is 30.7 Å². The van der Waals surface area contributed by atoms with Gasteiger partial charge in [-0.25, -0.2) is 13.2 Å². The first kappa shape index (κ1) is 30.0. The largest absolute Gasteiger partial charge is 0.744 e. The summed E-state index contributed by atoms with van der Waals surface area (Å²) in [5.41, 5.74) is 1.55. The fraction of sp³-hybridized carbons (Fsp3) is 0.194. The minimum Gasteiger partial charge on any atom is -0.744 e. The molecule has 0 aromatic heterocycles. The van der Waals surface area contributed by atoms with Crippen LogP contribution in [0.25, 0.3) is 0 Å². The highest BCUT2D eigenvalue weighted by Crippen LogP contribution is 2.32. The first-order valence-corrected chi connectivity index (χ1v) is 15.0. The summed E-state index contributed by atoms with van der Waals surface area (Å²) in [4.78, 5) is 14.5. The third-order valence-corrected chi connectivity index (χ3v) is 8.77. The highest BCUT2D eigenvalue weighted by molar-refractivity contribution is 7.97. The lowest BCUT2D eigenvalue weighted by Crippen LogP contribution is -2.11. The van der Waals surface area contributed by atoms with Crippen LogP contribution in [0.5, 0.6) is 5.75 Å². The Morgan fingerprint density at radius 3 is 1.72 bits per heavy atom. The second-order valence-corrected chi connectivity index (χ2v) is 12.9. The summed E-state index contributed by atoms with van der Waals surface area (Å²) in [6, 6.07) is 33.6. The van der Waals surface area contributed by atoms with Crippen molar-refractivity contribution in [3.05, 3.63) is 114 Å². The summed E-state index contributed by atoms with van der Waals surface area (Å²) in [6.07, 6.45) is 0. The first-order chi connectivity index (χ1) is 18.4. The number of ether oxygens (including phenoxy) is 1. The Bertz CT molecular complexity index is 1440. The van der Waals surface area contributed by atoms with Crippen LogP contribution < -0.4 is 0 Å². The maximum atomic E-state index is 11.2. The molecule has 6 nitrogen and oxygen atoms in total. The summed E-state index contributed by atoms with van der Waals surface area (Å²) in [5.74, 6) is -1.46. The van der Waals surface area contributed by atoms with Crippen molar-refractivity contribution < 1.29 is 27.6 Å². The van der Waals surface area contributed by atoms with Crippen LogP contribution in [0.15, 0.2) is 123 Å². The number of esters is 1. The summed E-state index contributed by atoms with van der Waals surface area (Å²) in [5, 5.41) is 9.26. The van der Waals surface area contributed by atoms with Crippen molar-refractivity contribution in [2.24, 2.45) is 0 Å². The molecule has 0 heterocycles. The van der Waals surface area contributed by atoms with Gasteiger partial charge in [0.1, 0.15) is 15.9 Å². The normalized spacial score (nSPS) is 11.4. The Kier molecular flexibility index (Phi) is 9.97. The smallest absolute Gasteiger partial charge is 0.338 e. The molecule has 0 bridgehead atoms. The molecule has 0 saturated carbocycles. The van der Waals surface area contributed by atoms with E-state index in [1.807, 2.05) is 0 Å². The van der Waals surface area contributed by atoms with Gasteiger partial charge in [0, 0.05) is 0 Å². The molecule has 0 aliphatic carbocycles. The molecular weight excluding hydrogens is 532 g/mol. The number of rotatable bonds is 6. The van der Waals surface area contributed by atoms with E-state index in [4.69, 9.17) is 0 Å². The van der Waals surface area contributed by atoms with Crippen molar-refractivity contribution in [2.45, 2.75) is 52.7 Å². The monoisotopic (exact) mass is 564 g/mol. The molecule has 0 spiro atoms. The average Bonchev–Trinajstić information content (AvgIpc) is 2.90. The number of carbonyl (C=O) groups is 1. The number of carbonyl (C=O) groups excluding carboxylic acids is 1. The molecule has 204 valence electrons. The van der Waals surface area contributed by atoms with Crippen LogP contribution in [-0.2, 0) is 31.2 Å². The van der Waals surface area contributed by atoms with E-state index in [9.17, 15) is 22.9 Å². The van der Waals surface area contributed by atoms with Gasteiger partial charge in [0.15, 0.2) is 14.7 Å². The van der Waals surface area contributed by atoms with E-state index in [0.717, 1.165) is 18.2 Å². The predicted octanol–water partition coefficient (Wildman–Crippen LogP) is 6.55. The Balaban J connectivity index is 0.000000231. The predicted molar refractivity (Wildman–Crippen MR) is 152 cm³/mol. The summed E-state index contributed by atoms with van der Waals surface area (Å²) in [7, 11) is -4.79. The summed E-state index contributed by atoms with van der Waals surface area (Å²) in [6.45, 7) is 8.54. The van der Waals surface area contributed by atoms with E-state index in [2.05, 4.69) is 110 Å². The number of hydrogen-bond donors (Lipinski definition) is 1. The zero-order valence-electron chi connectivity index (χ0n) is 22.3. The molecular formula is C31H32O6S2. The zero-order valence-corrected chi connectivity index (χ0v) is 24.0. The fourth-order valence-corrected chi connectivity index (χ4v) is 6.32. The fourth-order valence-electron chi connectivity index (χ4n) is 3.68. The summed E-state index contributed by atoms with van der Waals surface area (Å²) < 4.78 is 36.5. The molecule has 1 N–H and O–H groups in total. The van der Waals surface area contributed by atoms with Gasteiger partial charge in [-0.2, -0.15) is 0 Å². The second kappa shape index (κ2) is 13.0. The van der Waals surface area contributed by atoms with E-state index in [-0.39, 0.29) is 28.5 Å². The molecule has 4 rings (SSSR count). The van der Waals surface area contributed by atoms with Crippen molar-refractivity contribution in [1.82, 2.24) is 0 Å². The lowest BCUT2D eigenvalue weighted by atomic mass is 9.87. The van der Waals surface area contributed by atoms with E-state index in [0.29, 0.717) is 0 Å². The molecule has 8 heteroatoms. The van der Waals surface area contributed by atoms with Crippen LogP contribution >= 0.6 is 0 Å². The molecule has 0 fully saturated rings. The molecule has 0 aliphatic rings. The van der Waals surface area contributed by atoms with Gasteiger partial charge in [0.05, 0.1) is 28.0 Å². The highest BCUT2D eigenvalue weighted by Gasteiger charge is 2.28. The Morgan fingerprint density at radius 2 is 1.31 bits per heavy atom. The van der Waals surface area contributed by atoms with Gasteiger partial charge in [-0.3, -0.25) is 0 Å². The maximum Gasteiger partial charge on any atom is 0.338 e. The quantitative estimate of drug-likeness (QED) is 0.162. The minimum absolute atomic E-state index is 0.0215. The lowest BCUT2D eigenvalue weighted by molar-refractivity contribution is 0.0525. The standard InChI is InChI=1S/C22H23S.C9H10O6S/c1-22(2,3)18-14-16-21(17-15-18)23(19-10-6-4-7-11-19)20-12-8-5-9-13-20;1-2-15-9(11)6-3-4-8(7(10)5-6)16(12,13)14/h4-17H,1-3H3;3-5,10H,2H2,1H3,(H,12,13,14)/q+1;/p-1. The molecule has 39 heavy (non-hydrogen) atoms. The lowest BCUT2D eigenvalue weighted by Gasteiger charge is -2.19. The topological polar surface area (TPSA) is 104 Å². The SMILES string of the molecule is CC(C)(C)c1ccc([S+](c2ccccc2)c2ccccc2)cc1.CCOC(=O)c1ccc(S(=O)(=O)[O-])c(O)c1. The van der Waals surface area contributed by atoms with Gasteiger partial charge in [0.2, 0.25) is 0 Å². The number of aromatic hydroxyl groups is 1. The van der Waals surface area contributed by atoms with Crippen molar-refractivity contribution in [3.8, 4) is 5.75 Å². The van der Waals surface area contributed by atoms with Gasteiger partial charge in [0.25, 0.3) is 0 Å². The zero-order chi connectivity index (χ0) is 28.6. The number of phenolic OH excluding ortho intramolecular Hbond substituents is 1. The van der Waals surface area contributed by atoms with Crippen LogP contribution in [0, 0.1) is 0 Å². The second-order valence-electron chi connectivity index (χ2n) is 9.56. The van der Waals surface area contributed by atoms with Crippen LogP contribution in [0.1, 0.15) is 43.6 Å². The molecule has 0 amide bonds. The van der Waals surface area contributed by atoms with Gasteiger partial charge < -0.3 is 14.4 Å². The van der Waals surface area contributed by atoms with Crippen molar-refractivity contribution in [1.29, 1.82) is 0 Å². The molecule has 0 atom stereocenters. The first-order valence-electron chi connectivity index (χ1n) is 12.3. The molecule has 0 saturated heterocycles. The van der Waals surface area contributed by atoms with Gasteiger partial charge in [-0.05, 0) is 72.5 Å². The van der Waals surface area contributed by atoms with Crippen molar-refractivity contribution in [2.75, 3.05) is 6.61 Å². The Hall–Kier alpha value is -3.59. The minimum atomic E-state index is -4.74. The third-order valence-electron chi connectivity index (χ3n) is 5.65. The van der Waals surface area contributed by atoms with E-state index in [1.165, 1.54) is 20.2 Å². The van der Waals surface area contributed by atoms with Crippen molar-refractivity contribution in [3.63, 3.8) is 0 Å². The molecule has 0 unspecified atom stereocenters. The highest BCUT2D eigenvalue weighted by atomic mass is 32.2. The number of benzene rings is 4. The van der Waals surface area contributed by atoms with Crippen molar-refractivity contribution >= 4 is 27.0 Å². The third kappa shape index (κ3) is 8.20. The summed E-state index contributed by atoms with van der Waals surface area (Å²) >= 11 is 0. The van der Waals surface area contributed by atoms with E-state index in [1.54, 1.807) is 6.92 Å². The van der Waals surface area contributed by atoms with Crippen LogP contribution in [0.2, 0.25) is 0 Å².